The second-order valence-electron chi connectivity index (χ2n) is 6.92. The van der Waals surface area contributed by atoms with E-state index in [0.717, 1.165) is 27.9 Å². The monoisotopic (exact) mass is 380 g/mol. The normalized spacial score (nSPS) is 19.4. The minimum atomic E-state index is -1.10. The molecule has 0 unspecified atom stereocenters. The van der Waals surface area contributed by atoms with Gasteiger partial charge in [-0.3, -0.25) is 14.9 Å². The maximum Gasteiger partial charge on any atom is 0.323 e. The number of aliphatic carboxylic acids is 1. The van der Waals surface area contributed by atoms with Crippen molar-refractivity contribution in [2.45, 2.75) is 32.2 Å². The molecule has 4 rings (SSSR count). The minimum absolute atomic E-state index is 0.184. The van der Waals surface area contributed by atoms with Crippen molar-refractivity contribution < 1.29 is 24.5 Å². The number of carboxylic acids is 1. The number of hydrogen-bond acceptors (Lipinski definition) is 5. The van der Waals surface area contributed by atoms with Crippen LogP contribution in [0.15, 0.2) is 42.5 Å². The number of rotatable bonds is 5. The molecule has 0 saturated heterocycles. The topological polar surface area (TPSA) is 108 Å². The van der Waals surface area contributed by atoms with Crippen LogP contribution in [0.2, 0.25) is 0 Å². The van der Waals surface area contributed by atoms with Gasteiger partial charge in [-0.25, -0.2) is 0 Å². The first-order valence-corrected chi connectivity index (χ1v) is 9.00. The standard InChI is InChI=1S/C21H20N2O5/c1-11(24)18(21(26)27)22-9-12-6-7-14-13(8-12)10-28-19(14)17-15-4-2-3-5-16(15)23-20(17)25/h2-8,11,18,22,24H,9-10H2,1H3,(H,23,25)(H,26,27)/t11-,18+/m1/s1. The van der Waals surface area contributed by atoms with Gasteiger partial charge in [0.05, 0.1) is 11.7 Å². The van der Waals surface area contributed by atoms with Crippen molar-refractivity contribution in [3.8, 4) is 0 Å². The molecular formula is C21H20N2O5. The summed E-state index contributed by atoms with van der Waals surface area (Å²) >= 11 is 0. The molecule has 2 heterocycles. The van der Waals surface area contributed by atoms with Crippen LogP contribution in [0.1, 0.15) is 29.2 Å². The SMILES string of the molecule is C[C@@H](O)[C@H](NCc1ccc2c(c1)COC2=C1C(=O)Nc2ccccc21)C(=O)O. The van der Waals surface area contributed by atoms with Crippen LogP contribution in [0.25, 0.3) is 11.3 Å². The quantitative estimate of drug-likeness (QED) is 0.591. The van der Waals surface area contributed by atoms with Crippen LogP contribution < -0.4 is 10.6 Å². The summed E-state index contributed by atoms with van der Waals surface area (Å²) in [5, 5.41) is 24.4. The Morgan fingerprint density at radius 3 is 2.79 bits per heavy atom. The molecule has 2 aliphatic rings. The fraction of sp³-hybridized carbons (Fsp3) is 0.238. The van der Waals surface area contributed by atoms with Gasteiger partial charge < -0.3 is 20.3 Å². The highest BCUT2D eigenvalue weighted by Crippen LogP contribution is 2.41. The molecule has 2 atom stereocenters. The van der Waals surface area contributed by atoms with Crippen molar-refractivity contribution in [3.05, 3.63) is 64.7 Å². The van der Waals surface area contributed by atoms with Crippen molar-refractivity contribution in [2.24, 2.45) is 0 Å². The van der Waals surface area contributed by atoms with Gasteiger partial charge in [0.25, 0.3) is 5.91 Å². The summed E-state index contributed by atoms with van der Waals surface area (Å²) in [7, 11) is 0. The molecule has 0 fully saturated rings. The molecule has 28 heavy (non-hydrogen) atoms. The molecule has 0 spiro atoms. The van der Waals surface area contributed by atoms with Gasteiger partial charge in [0.1, 0.15) is 18.4 Å². The average molecular weight is 380 g/mol. The number of aliphatic hydroxyl groups is 1. The number of amides is 1. The number of fused-ring (bicyclic) bond motifs is 2. The van der Waals surface area contributed by atoms with Crippen LogP contribution in [0.3, 0.4) is 0 Å². The largest absolute Gasteiger partial charge is 0.487 e. The Morgan fingerprint density at radius 2 is 2.04 bits per heavy atom. The molecule has 2 aromatic rings. The van der Waals surface area contributed by atoms with Crippen LogP contribution in [-0.2, 0) is 27.5 Å². The molecule has 2 aliphatic heterocycles. The summed E-state index contributed by atoms with van der Waals surface area (Å²) in [4.78, 5) is 23.6. The zero-order chi connectivity index (χ0) is 19.8. The lowest BCUT2D eigenvalue weighted by Crippen LogP contribution is -2.44. The van der Waals surface area contributed by atoms with Crippen LogP contribution >= 0.6 is 0 Å². The summed E-state index contributed by atoms with van der Waals surface area (Å²) in [6.07, 6.45) is -1.01. The average Bonchev–Trinajstić information content (AvgIpc) is 3.20. The number of benzene rings is 2. The number of anilines is 1. The Labute approximate surface area is 161 Å². The van der Waals surface area contributed by atoms with Gasteiger partial charge in [-0.05, 0) is 18.6 Å². The van der Waals surface area contributed by atoms with Gasteiger partial charge in [0, 0.05) is 28.9 Å². The molecular weight excluding hydrogens is 360 g/mol. The number of nitrogens with one attached hydrogen (secondary N) is 2. The van der Waals surface area contributed by atoms with Crippen LogP contribution in [0, 0.1) is 0 Å². The van der Waals surface area contributed by atoms with Crippen molar-refractivity contribution in [3.63, 3.8) is 0 Å². The van der Waals surface area contributed by atoms with Crippen molar-refractivity contribution >= 4 is 28.9 Å². The summed E-state index contributed by atoms with van der Waals surface area (Å²) in [5.74, 6) is -0.724. The second-order valence-corrected chi connectivity index (χ2v) is 6.92. The summed E-state index contributed by atoms with van der Waals surface area (Å²) in [5.41, 5.74) is 4.78. The van der Waals surface area contributed by atoms with Gasteiger partial charge in [0.2, 0.25) is 0 Å². The number of carbonyl (C=O) groups is 2. The van der Waals surface area contributed by atoms with Crippen LogP contribution in [-0.4, -0.2) is 34.2 Å². The lowest BCUT2D eigenvalue weighted by atomic mass is 9.99. The zero-order valence-electron chi connectivity index (χ0n) is 15.2. The number of hydrogen-bond donors (Lipinski definition) is 4. The third kappa shape index (κ3) is 3.15. The van der Waals surface area contributed by atoms with E-state index in [4.69, 9.17) is 9.84 Å². The highest BCUT2D eigenvalue weighted by Gasteiger charge is 2.32. The molecule has 0 bridgehead atoms. The molecule has 7 nitrogen and oxygen atoms in total. The minimum Gasteiger partial charge on any atom is -0.487 e. The van der Waals surface area contributed by atoms with Crippen LogP contribution in [0.5, 0.6) is 0 Å². The molecule has 0 saturated carbocycles. The van der Waals surface area contributed by atoms with Crippen molar-refractivity contribution in [1.29, 1.82) is 0 Å². The molecule has 2 aromatic carbocycles. The third-order valence-corrected chi connectivity index (χ3v) is 4.96. The predicted octanol–water partition coefficient (Wildman–Crippen LogP) is 1.96. The summed E-state index contributed by atoms with van der Waals surface area (Å²) < 4.78 is 5.86. The van der Waals surface area contributed by atoms with E-state index >= 15 is 0 Å². The smallest absolute Gasteiger partial charge is 0.323 e. The van der Waals surface area contributed by atoms with Gasteiger partial charge >= 0.3 is 5.97 Å². The van der Waals surface area contributed by atoms with E-state index in [9.17, 15) is 14.7 Å². The van der Waals surface area contributed by atoms with Crippen molar-refractivity contribution in [1.82, 2.24) is 5.32 Å². The van der Waals surface area contributed by atoms with Gasteiger partial charge in [-0.15, -0.1) is 0 Å². The molecule has 0 radical (unpaired) electrons. The number of carboxylic acid groups (broad SMARTS) is 1. The molecule has 1 amide bonds. The number of carbonyl (C=O) groups excluding carboxylic acids is 1. The van der Waals surface area contributed by atoms with E-state index in [1.54, 1.807) is 0 Å². The zero-order valence-corrected chi connectivity index (χ0v) is 15.2. The fourth-order valence-corrected chi connectivity index (χ4v) is 3.57. The number of aliphatic hydroxyl groups excluding tert-OH is 1. The Hall–Kier alpha value is -3.16. The molecule has 7 heteroatoms. The van der Waals surface area contributed by atoms with E-state index in [0.29, 0.717) is 24.5 Å². The molecule has 4 N–H and O–H groups in total. The predicted molar refractivity (Wildman–Crippen MR) is 103 cm³/mol. The first-order valence-electron chi connectivity index (χ1n) is 9.00. The van der Waals surface area contributed by atoms with E-state index in [1.165, 1.54) is 6.92 Å². The lowest BCUT2D eigenvalue weighted by molar-refractivity contribution is -0.142. The molecule has 0 aromatic heterocycles. The molecule has 0 aliphatic carbocycles. The van der Waals surface area contributed by atoms with Crippen LogP contribution in [0.4, 0.5) is 5.69 Å². The first-order chi connectivity index (χ1) is 13.5. The van der Waals surface area contributed by atoms with Gasteiger partial charge in [0.15, 0.2) is 0 Å². The fourth-order valence-electron chi connectivity index (χ4n) is 3.57. The highest BCUT2D eigenvalue weighted by molar-refractivity contribution is 6.36. The maximum atomic E-state index is 12.5. The Morgan fingerprint density at radius 1 is 1.25 bits per heavy atom. The number of para-hydroxylation sites is 1. The lowest BCUT2D eigenvalue weighted by Gasteiger charge is -2.17. The van der Waals surface area contributed by atoms with Gasteiger partial charge in [-0.1, -0.05) is 36.4 Å². The van der Waals surface area contributed by atoms with Gasteiger partial charge in [-0.2, -0.15) is 0 Å². The maximum absolute atomic E-state index is 12.5. The van der Waals surface area contributed by atoms with E-state index < -0.39 is 18.1 Å². The van der Waals surface area contributed by atoms with E-state index in [2.05, 4.69) is 10.6 Å². The Balaban J connectivity index is 1.61. The van der Waals surface area contributed by atoms with Crippen molar-refractivity contribution in [2.75, 3.05) is 5.32 Å². The summed E-state index contributed by atoms with van der Waals surface area (Å²) in [6.45, 7) is 2.08. The van der Waals surface area contributed by atoms with E-state index in [-0.39, 0.29) is 5.91 Å². The summed E-state index contributed by atoms with van der Waals surface area (Å²) in [6, 6.07) is 12.1. The molecule has 144 valence electrons. The second kappa shape index (κ2) is 7.10. The number of ether oxygens (including phenoxy) is 1. The third-order valence-electron chi connectivity index (χ3n) is 4.96. The van der Waals surface area contributed by atoms with E-state index in [1.807, 2.05) is 42.5 Å². The first kappa shape index (κ1) is 18.2. The Kier molecular flexibility index (Phi) is 4.62. The highest BCUT2D eigenvalue weighted by atomic mass is 16.5. The Bertz CT molecular complexity index is 996.